The van der Waals surface area contributed by atoms with E-state index in [1.165, 1.54) is 11.1 Å². The summed E-state index contributed by atoms with van der Waals surface area (Å²) in [6.45, 7) is 5.90. The van der Waals surface area contributed by atoms with Gasteiger partial charge in [0.25, 0.3) is 0 Å². The van der Waals surface area contributed by atoms with E-state index in [0.717, 1.165) is 18.0 Å². The van der Waals surface area contributed by atoms with E-state index in [4.69, 9.17) is 15.2 Å². The van der Waals surface area contributed by atoms with Gasteiger partial charge in [-0.3, -0.25) is 4.90 Å². The van der Waals surface area contributed by atoms with Crippen molar-refractivity contribution in [3.63, 3.8) is 0 Å². The van der Waals surface area contributed by atoms with E-state index in [1.54, 1.807) is 14.2 Å². The molecule has 0 radical (unpaired) electrons. The Kier molecular flexibility index (Phi) is 3.78. The van der Waals surface area contributed by atoms with Crippen LogP contribution >= 0.6 is 0 Å². The van der Waals surface area contributed by atoms with Crippen molar-refractivity contribution in [3.8, 4) is 11.5 Å². The topological polar surface area (TPSA) is 47.7 Å². The van der Waals surface area contributed by atoms with Crippen LogP contribution in [0, 0.1) is 0 Å². The molecule has 0 spiro atoms. The van der Waals surface area contributed by atoms with Crippen molar-refractivity contribution in [2.45, 2.75) is 32.5 Å². The molecule has 4 nitrogen and oxygen atoms in total. The van der Waals surface area contributed by atoms with Gasteiger partial charge in [-0.2, -0.15) is 0 Å². The van der Waals surface area contributed by atoms with Crippen LogP contribution in [0.4, 0.5) is 0 Å². The molecule has 0 fully saturated rings. The zero-order valence-corrected chi connectivity index (χ0v) is 11.6. The van der Waals surface area contributed by atoms with E-state index in [2.05, 4.69) is 24.8 Å². The highest BCUT2D eigenvalue weighted by atomic mass is 16.5. The van der Waals surface area contributed by atoms with Crippen LogP contribution in [0.1, 0.15) is 31.0 Å². The van der Waals surface area contributed by atoms with Gasteiger partial charge in [0.05, 0.1) is 20.3 Å². The Morgan fingerprint density at radius 2 is 2.06 bits per heavy atom. The zero-order valence-electron chi connectivity index (χ0n) is 11.6. The van der Waals surface area contributed by atoms with Crippen molar-refractivity contribution in [2.75, 3.05) is 20.8 Å². The minimum atomic E-state index is 0.237. The summed E-state index contributed by atoms with van der Waals surface area (Å²) in [4.78, 5) is 2.40. The largest absolute Gasteiger partial charge is 0.497 e. The Balaban J connectivity index is 2.48. The lowest BCUT2D eigenvalue weighted by molar-refractivity contribution is 0.170. The number of nitrogens with two attached hydrogens (primary N) is 1. The van der Waals surface area contributed by atoms with Gasteiger partial charge in [0.2, 0.25) is 0 Å². The highest BCUT2D eigenvalue weighted by Crippen LogP contribution is 2.42. The minimum absolute atomic E-state index is 0.237. The Morgan fingerprint density at radius 3 is 2.56 bits per heavy atom. The van der Waals surface area contributed by atoms with E-state index >= 15 is 0 Å². The van der Waals surface area contributed by atoms with Crippen LogP contribution in [0.2, 0.25) is 0 Å². The molecule has 100 valence electrons. The molecule has 0 bridgehead atoms. The van der Waals surface area contributed by atoms with Crippen LogP contribution in [0.3, 0.4) is 0 Å². The highest BCUT2D eigenvalue weighted by Gasteiger charge is 2.34. The molecular weight excluding hydrogens is 228 g/mol. The molecule has 0 saturated carbocycles. The van der Waals surface area contributed by atoms with Gasteiger partial charge < -0.3 is 15.2 Å². The second-order valence-electron chi connectivity index (χ2n) is 4.92. The predicted octanol–water partition coefficient (Wildman–Crippen LogP) is 1.93. The first-order chi connectivity index (χ1) is 8.62. The zero-order chi connectivity index (χ0) is 13.3. The van der Waals surface area contributed by atoms with Gasteiger partial charge in [0.1, 0.15) is 11.5 Å². The molecule has 0 aliphatic carbocycles. The van der Waals surface area contributed by atoms with E-state index < -0.39 is 0 Å². The molecule has 1 aromatic carbocycles. The molecule has 1 heterocycles. The van der Waals surface area contributed by atoms with Crippen LogP contribution in [-0.2, 0) is 6.54 Å². The van der Waals surface area contributed by atoms with Crippen LogP contribution in [0.5, 0.6) is 11.5 Å². The molecule has 2 N–H and O–H groups in total. The minimum Gasteiger partial charge on any atom is -0.497 e. The second-order valence-corrected chi connectivity index (χ2v) is 4.92. The number of ether oxygens (including phenoxy) is 2. The summed E-state index contributed by atoms with van der Waals surface area (Å²) in [6.07, 6.45) is 0. The maximum Gasteiger partial charge on any atom is 0.127 e. The number of benzene rings is 1. The fraction of sp³-hybridized carbons (Fsp3) is 0.571. The summed E-state index contributed by atoms with van der Waals surface area (Å²) >= 11 is 0. The summed E-state index contributed by atoms with van der Waals surface area (Å²) in [5.74, 6) is 1.72. The Hall–Kier alpha value is -1.26. The third kappa shape index (κ3) is 2.06. The van der Waals surface area contributed by atoms with Crippen molar-refractivity contribution in [3.05, 3.63) is 23.3 Å². The van der Waals surface area contributed by atoms with Crippen LogP contribution in [-0.4, -0.2) is 31.7 Å². The highest BCUT2D eigenvalue weighted by molar-refractivity contribution is 5.50. The third-order valence-corrected chi connectivity index (χ3v) is 3.63. The van der Waals surface area contributed by atoms with Gasteiger partial charge in [0, 0.05) is 30.8 Å². The lowest BCUT2D eigenvalue weighted by Gasteiger charge is -2.28. The average molecular weight is 250 g/mol. The molecule has 1 aromatic rings. The lowest BCUT2D eigenvalue weighted by Crippen LogP contribution is -2.33. The van der Waals surface area contributed by atoms with Crippen molar-refractivity contribution >= 4 is 0 Å². The van der Waals surface area contributed by atoms with Crippen molar-refractivity contribution < 1.29 is 9.47 Å². The molecule has 0 amide bonds. The fourth-order valence-electron chi connectivity index (χ4n) is 2.72. The van der Waals surface area contributed by atoms with Gasteiger partial charge in [-0.05, 0) is 25.5 Å². The Morgan fingerprint density at radius 1 is 1.33 bits per heavy atom. The van der Waals surface area contributed by atoms with E-state index in [1.807, 2.05) is 6.07 Å². The molecule has 1 aliphatic heterocycles. The number of hydrogen-bond donors (Lipinski definition) is 1. The number of fused-ring (bicyclic) bond motifs is 1. The van der Waals surface area contributed by atoms with Gasteiger partial charge in [-0.1, -0.05) is 0 Å². The molecule has 18 heavy (non-hydrogen) atoms. The second kappa shape index (κ2) is 5.16. The maximum absolute atomic E-state index is 5.94. The third-order valence-electron chi connectivity index (χ3n) is 3.63. The molecule has 0 saturated heterocycles. The van der Waals surface area contributed by atoms with Crippen LogP contribution < -0.4 is 15.2 Å². The number of nitrogens with zero attached hydrogens (tertiary/aromatic N) is 1. The molecule has 4 heteroatoms. The number of rotatable bonds is 4. The first-order valence-electron chi connectivity index (χ1n) is 6.33. The Bertz CT molecular complexity index is 432. The molecule has 1 atom stereocenters. The standard InChI is InChI=1S/C14H22N2O2/c1-9(2)16-8-10-5-11(17-3)6-13(18-4)14(10)12(16)7-15/h5-6,9,12H,7-8,15H2,1-4H3. The van der Waals surface area contributed by atoms with E-state index in [0.29, 0.717) is 12.6 Å². The fourth-order valence-corrected chi connectivity index (χ4v) is 2.72. The Labute approximate surface area is 109 Å². The summed E-state index contributed by atoms with van der Waals surface area (Å²) in [6, 6.07) is 4.72. The van der Waals surface area contributed by atoms with E-state index in [9.17, 15) is 0 Å². The summed E-state index contributed by atoms with van der Waals surface area (Å²) in [5, 5.41) is 0. The van der Waals surface area contributed by atoms with Gasteiger partial charge in [-0.25, -0.2) is 0 Å². The molecule has 1 aliphatic rings. The lowest BCUT2D eigenvalue weighted by atomic mass is 10.0. The number of hydrogen-bond acceptors (Lipinski definition) is 4. The molecule has 1 unspecified atom stereocenters. The average Bonchev–Trinajstić information content (AvgIpc) is 2.75. The van der Waals surface area contributed by atoms with Gasteiger partial charge >= 0.3 is 0 Å². The molecule has 0 aromatic heterocycles. The predicted molar refractivity (Wildman–Crippen MR) is 72.0 cm³/mol. The van der Waals surface area contributed by atoms with Gasteiger partial charge in [0.15, 0.2) is 0 Å². The molecular formula is C14H22N2O2. The quantitative estimate of drug-likeness (QED) is 0.887. The van der Waals surface area contributed by atoms with E-state index in [-0.39, 0.29) is 6.04 Å². The normalized spacial score (nSPS) is 19.1. The first kappa shape index (κ1) is 13.2. The monoisotopic (exact) mass is 250 g/mol. The summed E-state index contributed by atoms with van der Waals surface area (Å²) < 4.78 is 10.8. The van der Waals surface area contributed by atoms with Crippen LogP contribution in [0.15, 0.2) is 12.1 Å². The maximum atomic E-state index is 5.94. The van der Waals surface area contributed by atoms with Crippen molar-refractivity contribution in [2.24, 2.45) is 5.73 Å². The van der Waals surface area contributed by atoms with Gasteiger partial charge in [-0.15, -0.1) is 0 Å². The SMILES string of the molecule is COc1cc2c(c(OC)c1)C(CN)N(C(C)C)C2. The summed E-state index contributed by atoms with van der Waals surface area (Å²) in [5.41, 5.74) is 8.42. The smallest absolute Gasteiger partial charge is 0.127 e. The first-order valence-corrected chi connectivity index (χ1v) is 6.33. The molecule has 2 rings (SSSR count). The number of methoxy groups -OCH3 is 2. The van der Waals surface area contributed by atoms with Crippen LogP contribution in [0.25, 0.3) is 0 Å². The summed E-state index contributed by atoms with van der Waals surface area (Å²) in [7, 11) is 3.37. The van der Waals surface area contributed by atoms with Crippen molar-refractivity contribution in [1.29, 1.82) is 0 Å². The van der Waals surface area contributed by atoms with Crippen molar-refractivity contribution in [1.82, 2.24) is 4.90 Å².